The van der Waals surface area contributed by atoms with Crippen molar-refractivity contribution < 1.29 is 36.2 Å². The van der Waals surface area contributed by atoms with E-state index < -0.39 is 23.6 Å². The minimum atomic E-state index is -4.65. The lowest BCUT2D eigenvalue weighted by atomic mass is 9.71. The molecule has 2 saturated carbocycles. The van der Waals surface area contributed by atoms with Gasteiger partial charge in [0.2, 0.25) is 11.8 Å². The molecule has 2 aliphatic carbocycles. The van der Waals surface area contributed by atoms with Crippen LogP contribution in [-0.4, -0.2) is 45.7 Å². The van der Waals surface area contributed by atoms with Crippen LogP contribution in [0.3, 0.4) is 0 Å². The number of carbonyl (C=O) groups excluding carboxylic acids is 1. The van der Waals surface area contributed by atoms with Crippen molar-refractivity contribution in [3.05, 3.63) is 53.6 Å². The number of fused-ring (bicyclic) bond motifs is 4. The highest BCUT2D eigenvalue weighted by molar-refractivity contribution is 5.95. The molecule has 0 spiro atoms. The van der Waals surface area contributed by atoms with Crippen molar-refractivity contribution in [3.8, 4) is 0 Å². The standard InChI is InChI=1S/C24H22F4N4O4/c25-15-2-4-17-13(9-15)1-3-18(29-17)19(33)30-22-5-7-23(8-6-22,34-12-22)21-32-31-20(35-21)14-10-16(11-14)36-24(26,27)28/h1-4,9,14,16H,5-8,10-12H2,(H,30,33)/t14-,16+,22?,23?. The van der Waals surface area contributed by atoms with Crippen molar-refractivity contribution in [1.82, 2.24) is 20.5 Å². The summed E-state index contributed by atoms with van der Waals surface area (Å²) in [6, 6.07) is 7.42. The minimum Gasteiger partial charge on any atom is -0.422 e. The number of aromatic nitrogens is 3. The van der Waals surface area contributed by atoms with Gasteiger partial charge in [0.25, 0.3) is 5.91 Å². The summed E-state index contributed by atoms with van der Waals surface area (Å²) in [4.78, 5) is 17.3. The van der Waals surface area contributed by atoms with Crippen LogP contribution >= 0.6 is 0 Å². The number of pyridine rings is 1. The summed E-state index contributed by atoms with van der Waals surface area (Å²) in [6.07, 6.45) is -2.87. The third-order valence-electron chi connectivity index (χ3n) is 7.48. The molecule has 1 aromatic carbocycles. The second kappa shape index (κ2) is 8.20. The number of ether oxygens (including phenoxy) is 2. The van der Waals surface area contributed by atoms with E-state index in [1.807, 2.05) is 0 Å². The van der Waals surface area contributed by atoms with E-state index in [1.54, 1.807) is 12.1 Å². The predicted octanol–water partition coefficient (Wildman–Crippen LogP) is 4.51. The molecule has 4 heterocycles. The molecule has 4 fully saturated rings. The monoisotopic (exact) mass is 506 g/mol. The van der Waals surface area contributed by atoms with Gasteiger partial charge in [-0.05, 0) is 62.8 Å². The van der Waals surface area contributed by atoms with Gasteiger partial charge in [0.15, 0.2) is 0 Å². The van der Waals surface area contributed by atoms with E-state index in [9.17, 15) is 22.4 Å². The van der Waals surface area contributed by atoms with Crippen molar-refractivity contribution in [3.63, 3.8) is 0 Å². The maximum atomic E-state index is 13.4. The molecule has 3 aromatic rings. The number of carbonyl (C=O) groups is 1. The largest absolute Gasteiger partial charge is 0.522 e. The molecule has 7 rings (SSSR count). The van der Waals surface area contributed by atoms with Gasteiger partial charge in [0, 0.05) is 11.3 Å². The predicted molar refractivity (Wildman–Crippen MR) is 115 cm³/mol. The topological polar surface area (TPSA) is 99.4 Å². The number of alkyl halides is 3. The van der Waals surface area contributed by atoms with Crippen molar-refractivity contribution in [1.29, 1.82) is 0 Å². The Morgan fingerprint density at radius 2 is 1.86 bits per heavy atom. The van der Waals surface area contributed by atoms with Crippen LogP contribution in [0.25, 0.3) is 10.9 Å². The maximum Gasteiger partial charge on any atom is 0.522 e. The summed E-state index contributed by atoms with van der Waals surface area (Å²) < 4.78 is 66.5. The number of rotatable bonds is 5. The Morgan fingerprint density at radius 3 is 2.56 bits per heavy atom. The number of hydrogen-bond acceptors (Lipinski definition) is 7. The van der Waals surface area contributed by atoms with Crippen molar-refractivity contribution in [2.24, 2.45) is 0 Å². The number of amides is 1. The fourth-order valence-electron chi connectivity index (χ4n) is 5.30. The Morgan fingerprint density at radius 1 is 1.08 bits per heavy atom. The van der Waals surface area contributed by atoms with E-state index in [2.05, 4.69) is 25.2 Å². The van der Waals surface area contributed by atoms with Gasteiger partial charge in [-0.3, -0.25) is 9.53 Å². The Labute approximate surface area is 202 Å². The Balaban J connectivity index is 1.09. The van der Waals surface area contributed by atoms with Crippen LogP contribution in [0.5, 0.6) is 0 Å². The van der Waals surface area contributed by atoms with E-state index in [0.717, 1.165) is 0 Å². The van der Waals surface area contributed by atoms with Crippen LogP contribution in [0, 0.1) is 5.82 Å². The SMILES string of the molecule is O=C(NC12CCC(c3nnc([C@H]4C[C@@H](OC(F)(F)F)C4)o3)(CC1)OC2)c1ccc2cc(F)ccc2n1. The molecule has 1 amide bonds. The molecule has 0 unspecified atom stereocenters. The number of benzene rings is 1. The quantitative estimate of drug-likeness (QED) is 0.509. The molecule has 2 bridgehead atoms. The smallest absolute Gasteiger partial charge is 0.422 e. The summed E-state index contributed by atoms with van der Waals surface area (Å²) in [5.41, 5.74) is -0.564. The first-order valence-electron chi connectivity index (χ1n) is 11.7. The Bertz CT molecular complexity index is 1300. The molecule has 4 aliphatic rings. The molecule has 190 valence electrons. The number of hydrogen-bond donors (Lipinski definition) is 1. The van der Waals surface area contributed by atoms with Gasteiger partial charge >= 0.3 is 6.36 Å². The first-order chi connectivity index (χ1) is 17.1. The van der Waals surface area contributed by atoms with Crippen LogP contribution < -0.4 is 5.32 Å². The van der Waals surface area contributed by atoms with E-state index in [4.69, 9.17) is 9.15 Å². The van der Waals surface area contributed by atoms with Crippen molar-refractivity contribution >= 4 is 16.8 Å². The zero-order chi connectivity index (χ0) is 25.1. The normalized spacial score (nSPS) is 29.8. The molecule has 36 heavy (non-hydrogen) atoms. The van der Waals surface area contributed by atoms with Gasteiger partial charge in [0.05, 0.1) is 23.8 Å². The molecule has 2 saturated heterocycles. The van der Waals surface area contributed by atoms with Crippen molar-refractivity contribution in [2.75, 3.05) is 6.61 Å². The molecule has 2 aliphatic heterocycles. The maximum absolute atomic E-state index is 13.4. The third-order valence-corrected chi connectivity index (χ3v) is 7.48. The molecule has 0 atom stereocenters. The van der Waals surface area contributed by atoms with Gasteiger partial charge in [-0.25, -0.2) is 9.37 Å². The molecular weight excluding hydrogens is 484 g/mol. The molecule has 2 aromatic heterocycles. The highest BCUT2D eigenvalue weighted by Gasteiger charge is 2.54. The van der Waals surface area contributed by atoms with Crippen LogP contribution in [0.4, 0.5) is 17.6 Å². The number of halogens is 4. The molecular formula is C24H22F4N4O4. The van der Waals surface area contributed by atoms with Gasteiger partial charge in [-0.2, -0.15) is 0 Å². The Kier molecular flexibility index (Phi) is 5.31. The second-order valence-corrected chi connectivity index (χ2v) is 9.85. The first kappa shape index (κ1) is 23.3. The molecule has 0 radical (unpaired) electrons. The number of nitrogens with zero attached hydrogens (tertiary/aromatic N) is 3. The molecule has 8 nitrogen and oxygen atoms in total. The van der Waals surface area contributed by atoms with Crippen LogP contribution in [0.1, 0.15) is 66.7 Å². The highest BCUT2D eigenvalue weighted by Crippen LogP contribution is 2.50. The van der Waals surface area contributed by atoms with E-state index >= 15 is 0 Å². The fraction of sp³-hybridized carbons (Fsp3) is 0.500. The van der Waals surface area contributed by atoms with E-state index in [-0.39, 0.29) is 42.8 Å². The van der Waals surface area contributed by atoms with Crippen LogP contribution in [-0.2, 0) is 15.1 Å². The Hall–Kier alpha value is -3.12. The van der Waals surface area contributed by atoms with Crippen LogP contribution in [0.2, 0.25) is 0 Å². The summed E-state index contributed by atoms with van der Waals surface area (Å²) in [6.45, 7) is 0.250. The number of nitrogens with one attached hydrogen (secondary N) is 1. The van der Waals surface area contributed by atoms with Gasteiger partial charge in [-0.15, -0.1) is 23.4 Å². The van der Waals surface area contributed by atoms with Gasteiger partial charge in [-0.1, -0.05) is 6.07 Å². The average Bonchev–Trinajstić information content (AvgIpc) is 3.32. The zero-order valence-electron chi connectivity index (χ0n) is 19.0. The van der Waals surface area contributed by atoms with Crippen molar-refractivity contribution in [2.45, 2.75) is 68.0 Å². The highest BCUT2D eigenvalue weighted by atomic mass is 19.4. The summed E-state index contributed by atoms with van der Waals surface area (Å²) in [5, 5.41) is 11.9. The zero-order valence-corrected chi connectivity index (χ0v) is 19.0. The molecule has 1 N–H and O–H groups in total. The fourth-order valence-corrected chi connectivity index (χ4v) is 5.30. The van der Waals surface area contributed by atoms with E-state index in [0.29, 0.717) is 48.4 Å². The second-order valence-electron chi connectivity index (χ2n) is 9.85. The summed E-state index contributed by atoms with van der Waals surface area (Å²) in [7, 11) is 0. The summed E-state index contributed by atoms with van der Waals surface area (Å²) >= 11 is 0. The van der Waals surface area contributed by atoms with Gasteiger partial charge in [0.1, 0.15) is 17.1 Å². The lowest BCUT2D eigenvalue weighted by molar-refractivity contribution is -0.352. The molecule has 12 heteroatoms. The first-order valence-corrected chi connectivity index (χ1v) is 11.7. The minimum absolute atomic E-state index is 0.169. The average molecular weight is 506 g/mol. The lowest BCUT2D eigenvalue weighted by Crippen LogP contribution is -2.62. The summed E-state index contributed by atoms with van der Waals surface area (Å²) in [5.74, 6) is -0.360. The van der Waals surface area contributed by atoms with Gasteiger partial charge < -0.3 is 14.5 Å². The third kappa shape index (κ3) is 4.21. The van der Waals surface area contributed by atoms with E-state index in [1.165, 1.54) is 18.2 Å². The van der Waals surface area contributed by atoms with Crippen LogP contribution in [0.15, 0.2) is 34.7 Å². The lowest BCUT2D eigenvalue weighted by Gasteiger charge is -2.51.